The molecule has 1 aromatic heterocycles. The van der Waals surface area contributed by atoms with Gasteiger partial charge in [0.25, 0.3) is 5.56 Å². The van der Waals surface area contributed by atoms with E-state index in [9.17, 15) is 4.79 Å². The van der Waals surface area contributed by atoms with Gasteiger partial charge in [0.2, 0.25) is 0 Å². The van der Waals surface area contributed by atoms with Crippen LogP contribution in [0.2, 0.25) is 0 Å². The first-order valence-corrected chi connectivity index (χ1v) is 7.45. The molecule has 112 valence electrons. The first-order valence-electron chi connectivity index (χ1n) is 7.45. The molecule has 2 atom stereocenters. The van der Waals surface area contributed by atoms with Crippen molar-refractivity contribution >= 4 is 10.9 Å². The molecule has 2 N–H and O–H groups in total. The average molecular weight is 293 g/mol. The normalized spacial score (nSPS) is 13.9. The standard InChI is InChI=1S/C18H19N3O/c1-12(14-8-4-3-5-9-14)19-13(2)17-20-16-11-7-6-10-15(16)18(22)21-17/h3-13,19H,1-2H3,(H,20,21,22)/t12-,13-/m1/s1. The fraction of sp³-hybridized carbons (Fsp3) is 0.222. The molecule has 0 saturated carbocycles. The van der Waals surface area contributed by atoms with Crippen molar-refractivity contribution in [3.8, 4) is 0 Å². The second kappa shape index (κ2) is 6.12. The molecule has 0 saturated heterocycles. The average Bonchev–Trinajstić information content (AvgIpc) is 2.55. The Morgan fingerprint density at radius 3 is 2.41 bits per heavy atom. The summed E-state index contributed by atoms with van der Waals surface area (Å²) in [5, 5.41) is 4.09. The Morgan fingerprint density at radius 1 is 0.955 bits per heavy atom. The van der Waals surface area contributed by atoms with Crippen LogP contribution in [-0.2, 0) is 0 Å². The summed E-state index contributed by atoms with van der Waals surface area (Å²) in [6.45, 7) is 4.11. The van der Waals surface area contributed by atoms with Crippen LogP contribution in [0.3, 0.4) is 0 Å². The van der Waals surface area contributed by atoms with Crippen LogP contribution in [-0.4, -0.2) is 9.97 Å². The summed E-state index contributed by atoms with van der Waals surface area (Å²) in [6.07, 6.45) is 0. The van der Waals surface area contributed by atoms with Crippen molar-refractivity contribution in [1.29, 1.82) is 0 Å². The number of hydrogen-bond donors (Lipinski definition) is 2. The molecule has 3 aromatic rings. The molecule has 0 fully saturated rings. The van der Waals surface area contributed by atoms with Gasteiger partial charge in [-0.1, -0.05) is 42.5 Å². The van der Waals surface area contributed by atoms with Gasteiger partial charge in [0.15, 0.2) is 0 Å². The van der Waals surface area contributed by atoms with E-state index in [4.69, 9.17) is 0 Å². The third-order valence-corrected chi connectivity index (χ3v) is 3.84. The summed E-state index contributed by atoms with van der Waals surface area (Å²) in [5.74, 6) is 0.659. The van der Waals surface area contributed by atoms with Crippen LogP contribution < -0.4 is 10.9 Å². The molecular formula is C18H19N3O. The molecule has 0 bridgehead atoms. The summed E-state index contributed by atoms with van der Waals surface area (Å²) in [5.41, 5.74) is 1.83. The molecule has 0 aliphatic rings. The van der Waals surface area contributed by atoms with Crippen molar-refractivity contribution in [1.82, 2.24) is 15.3 Å². The number of rotatable bonds is 4. The smallest absolute Gasteiger partial charge is 0.258 e. The lowest BCUT2D eigenvalue weighted by atomic mass is 10.1. The van der Waals surface area contributed by atoms with E-state index in [1.54, 1.807) is 6.07 Å². The maximum Gasteiger partial charge on any atom is 0.258 e. The Morgan fingerprint density at radius 2 is 1.64 bits per heavy atom. The minimum Gasteiger partial charge on any atom is -0.309 e. The van der Waals surface area contributed by atoms with Gasteiger partial charge >= 0.3 is 0 Å². The third-order valence-electron chi connectivity index (χ3n) is 3.84. The lowest BCUT2D eigenvalue weighted by Gasteiger charge is -2.20. The van der Waals surface area contributed by atoms with Crippen molar-refractivity contribution < 1.29 is 0 Å². The number of H-pyrrole nitrogens is 1. The van der Waals surface area contributed by atoms with Gasteiger partial charge < -0.3 is 10.3 Å². The quantitative estimate of drug-likeness (QED) is 0.775. The molecule has 2 aromatic carbocycles. The number of nitrogens with one attached hydrogen (secondary N) is 2. The van der Waals surface area contributed by atoms with E-state index in [-0.39, 0.29) is 17.6 Å². The number of hydrogen-bond acceptors (Lipinski definition) is 3. The van der Waals surface area contributed by atoms with E-state index in [2.05, 4.69) is 34.3 Å². The zero-order chi connectivity index (χ0) is 15.5. The highest BCUT2D eigenvalue weighted by Gasteiger charge is 2.14. The van der Waals surface area contributed by atoms with Crippen molar-refractivity contribution in [3.63, 3.8) is 0 Å². The maximum absolute atomic E-state index is 12.1. The van der Waals surface area contributed by atoms with Gasteiger partial charge in [-0.15, -0.1) is 0 Å². The van der Waals surface area contributed by atoms with Gasteiger partial charge in [-0.3, -0.25) is 4.79 Å². The monoisotopic (exact) mass is 293 g/mol. The molecule has 0 unspecified atom stereocenters. The first-order chi connectivity index (χ1) is 10.6. The van der Waals surface area contributed by atoms with Gasteiger partial charge in [-0.25, -0.2) is 4.98 Å². The molecule has 0 amide bonds. The van der Waals surface area contributed by atoms with Gasteiger partial charge in [-0.2, -0.15) is 0 Å². The fourth-order valence-corrected chi connectivity index (χ4v) is 2.60. The second-order valence-corrected chi connectivity index (χ2v) is 5.49. The predicted octanol–water partition coefficient (Wildman–Crippen LogP) is 3.33. The highest BCUT2D eigenvalue weighted by atomic mass is 16.1. The summed E-state index contributed by atoms with van der Waals surface area (Å²) in [6, 6.07) is 17.7. The Bertz CT molecular complexity index is 826. The molecule has 4 heteroatoms. The molecular weight excluding hydrogens is 274 g/mol. The molecule has 4 nitrogen and oxygen atoms in total. The van der Waals surface area contributed by atoms with Crippen molar-refractivity contribution in [3.05, 3.63) is 76.3 Å². The van der Waals surface area contributed by atoms with Gasteiger partial charge in [0, 0.05) is 6.04 Å². The molecule has 0 aliphatic heterocycles. The highest BCUT2D eigenvalue weighted by Crippen LogP contribution is 2.17. The van der Waals surface area contributed by atoms with Crippen LogP contribution in [0.25, 0.3) is 10.9 Å². The van der Waals surface area contributed by atoms with E-state index >= 15 is 0 Å². The molecule has 3 rings (SSSR count). The third kappa shape index (κ3) is 2.92. The van der Waals surface area contributed by atoms with Crippen LogP contribution in [0.1, 0.15) is 37.3 Å². The molecule has 22 heavy (non-hydrogen) atoms. The van der Waals surface area contributed by atoms with Crippen LogP contribution in [0, 0.1) is 0 Å². The summed E-state index contributed by atoms with van der Waals surface area (Å²) in [4.78, 5) is 19.6. The number of fused-ring (bicyclic) bond motifs is 1. The van der Waals surface area contributed by atoms with Gasteiger partial charge in [0.05, 0.1) is 16.9 Å². The maximum atomic E-state index is 12.1. The summed E-state index contributed by atoms with van der Waals surface area (Å²) < 4.78 is 0. The Balaban J connectivity index is 1.86. The number of aromatic nitrogens is 2. The Hall–Kier alpha value is -2.46. The van der Waals surface area contributed by atoms with Crippen molar-refractivity contribution in [2.45, 2.75) is 25.9 Å². The van der Waals surface area contributed by atoms with Crippen molar-refractivity contribution in [2.24, 2.45) is 0 Å². The lowest BCUT2D eigenvalue weighted by molar-refractivity contribution is 0.477. The summed E-state index contributed by atoms with van der Waals surface area (Å²) in [7, 11) is 0. The van der Waals surface area contributed by atoms with E-state index in [0.717, 1.165) is 5.52 Å². The van der Waals surface area contributed by atoms with Crippen LogP contribution in [0.15, 0.2) is 59.4 Å². The number of aromatic amines is 1. The second-order valence-electron chi connectivity index (χ2n) is 5.49. The van der Waals surface area contributed by atoms with Crippen LogP contribution in [0.5, 0.6) is 0 Å². The first kappa shape index (κ1) is 14.5. The molecule has 0 aliphatic carbocycles. The zero-order valence-electron chi connectivity index (χ0n) is 12.7. The number of para-hydroxylation sites is 1. The Labute approximate surface area is 129 Å². The minimum atomic E-state index is -0.0957. The van der Waals surface area contributed by atoms with Gasteiger partial charge in [-0.05, 0) is 31.5 Å². The number of nitrogens with zero attached hydrogens (tertiary/aromatic N) is 1. The minimum absolute atomic E-state index is 0.0486. The van der Waals surface area contributed by atoms with E-state index in [1.165, 1.54) is 5.56 Å². The lowest BCUT2D eigenvalue weighted by Crippen LogP contribution is -2.26. The Kier molecular flexibility index (Phi) is 4.02. The van der Waals surface area contributed by atoms with E-state index in [0.29, 0.717) is 11.2 Å². The zero-order valence-corrected chi connectivity index (χ0v) is 12.7. The predicted molar refractivity (Wildman–Crippen MR) is 88.8 cm³/mol. The highest BCUT2D eigenvalue weighted by molar-refractivity contribution is 5.77. The molecule has 1 heterocycles. The van der Waals surface area contributed by atoms with Crippen LogP contribution >= 0.6 is 0 Å². The van der Waals surface area contributed by atoms with E-state index in [1.807, 2.05) is 43.3 Å². The van der Waals surface area contributed by atoms with Gasteiger partial charge in [0.1, 0.15) is 5.82 Å². The summed E-state index contributed by atoms with van der Waals surface area (Å²) >= 11 is 0. The van der Waals surface area contributed by atoms with E-state index < -0.39 is 0 Å². The topological polar surface area (TPSA) is 57.8 Å². The number of benzene rings is 2. The van der Waals surface area contributed by atoms with Crippen molar-refractivity contribution in [2.75, 3.05) is 0 Å². The molecule has 0 radical (unpaired) electrons. The fourth-order valence-electron chi connectivity index (χ4n) is 2.60. The largest absolute Gasteiger partial charge is 0.309 e. The molecule has 0 spiro atoms. The SMILES string of the molecule is C[C@@H](N[C@H](C)c1nc2ccccc2c(=O)[nH]1)c1ccccc1. The van der Waals surface area contributed by atoms with Crippen LogP contribution in [0.4, 0.5) is 0 Å².